The minimum absolute atomic E-state index is 0.0457. The summed E-state index contributed by atoms with van der Waals surface area (Å²) in [5.41, 5.74) is 0.0457. The second-order valence-corrected chi connectivity index (χ2v) is 6.34. The van der Waals surface area contributed by atoms with Gasteiger partial charge >= 0.3 is 30.3 Å². The molecule has 2 bridgehead atoms. The van der Waals surface area contributed by atoms with Crippen molar-refractivity contribution in [1.29, 1.82) is 0 Å². The second-order valence-electron chi connectivity index (χ2n) is 6.34. The first kappa shape index (κ1) is 18.6. The lowest BCUT2D eigenvalue weighted by Gasteiger charge is -2.27. The van der Waals surface area contributed by atoms with E-state index in [-0.39, 0.29) is 5.57 Å². The fraction of sp³-hybridized carbons (Fsp3) is 0.667. The molecule has 144 valence electrons. The summed E-state index contributed by atoms with van der Waals surface area (Å²) >= 11 is 0. The Morgan fingerprint density at radius 2 is 1.92 bits per heavy atom. The van der Waals surface area contributed by atoms with Crippen LogP contribution in [0, 0.1) is 11.8 Å². The van der Waals surface area contributed by atoms with Crippen molar-refractivity contribution in [3.8, 4) is 0 Å². The Morgan fingerprint density at radius 1 is 1.27 bits per heavy atom. The van der Waals surface area contributed by atoms with Crippen molar-refractivity contribution >= 4 is 17.9 Å². The van der Waals surface area contributed by atoms with Crippen LogP contribution in [0.4, 0.5) is 17.6 Å². The number of rotatable bonds is 6. The van der Waals surface area contributed by atoms with Gasteiger partial charge in [-0.1, -0.05) is 6.58 Å². The summed E-state index contributed by atoms with van der Waals surface area (Å²) in [5.74, 6) is -10.0. The zero-order valence-electron chi connectivity index (χ0n) is 13.3. The summed E-state index contributed by atoms with van der Waals surface area (Å²) in [5, 5.41) is 0. The number of hydrogen-bond acceptors (Lipinski definition) is 7. The molecule has 3 fully saturated rings. The highest BCUT2D eigenvalue weighted by Crippen LogP contribution is 2.51. The van der Waals surface area contributed by atoms with Crippen LogP contribution in [0.3, 0.4) is 0 Å². The van der Waals surface area contributed by atoms with Crippen LogP contribution < -0.4 is 0 Å². The number of fused-ring (bicyclic) bond motifs is 1. The highest BCUT2D eigenvalue weighted by atomic mass is 19.3. The van der Waals surface area contributed by atoms with E-state index in [1.165, 1.54) is 6.92 Å². The molecule has 26 heavy (non-hydrogen) atoms. The van der Waals surface area contributed by atoms with Gasteiger partial charge in [0, 0.05) is 5.57 Å². The van der Waals surface area contributed by atoms with Crippen LogP contribution in [0.2, 0.25) is 0 Å². The maximum absolute atomic E-state index is 13.0. The molecule has 3 rings (SSSR count). The molecule has 6 atom stereocenters. The molecule has 3 aliphatic heterocycles. The monoisotopic (exact) mass is 382 g/mol. The van der Waals surface area contributed by atoms with Crippen LogP contribution in [0.15, 0.2) is 12.2 Å². The SMILES string of the molecule is C=C(C)C(=O)OC1C2OC(=O)C3C2OC1C3C(=O)OCC(F)(F)C(F)F. The van der Waals surface area contributed by atoms with Crippen molar-refractivity contribution in [2.45, 2.75) is 43.7 Å². The normalized spacial score (nSPS) is 34.8. The van der Waals surface area contributed by atoms with Gasteiger partial charge in [0.1, 0.15) is 24.0 Å². The van der Waals surface area contributed by atoms with Crippen LogP contribution in [-0.4, -0.2) is 61.3 Å². The van der Waals surface area contributed by atoms with E-state index in [0.29, 0.717) is 0 Å². The maximum atomic E-state index is 13.0. The second kappa shape index (κ2) is 6.22. The van der Waals surface area contributed by atoms with Crippen molar-refractivity contribution in [3.63, 3.8) is 0 Å². The number of alkyl halides is 4. The summed E-state index contributed by atoms with van der Waals surface area (Å²) in [6.45, 7) is 2.92. The summed E-state index contributed by atoms with van der Waals surface area (Å²) in [4.78, 5) is 35.8. The van der Waals surface area contributed by atoms with Crippen LogP contribution in [0.5, 0.6) is 0 Å². The average molecular weight is 382 g/mol. The average Bonchev–Trinajstić information content (AvgIpc) is 3.15. The Labute approximate surface area is 144 Å². The molecule has 11 heteroatoms. The van der Waals surface area contributed by atoms with E-state index in [2.05, 4.69) is 11.3 Å². The van der Waals surface area contributed by atoms with Crippen LogP contribution in [0.1, 0.15) is 6.92 Å². The van der Waals surface area contributed by atoms with Gasteiger partial charge in [0.15, 0.2) is 18.8 Å². The summed E-state index contributed by atoms with van der Waals surface area (Å²) in [6, 6.07) is 0. The maximum Gasteiger partial charge on any atom is 0.340 e. The van der Waals surface area contributed by atoms with Gasteiger partial charge in [-0.25, -0.2) is 13.6 Å². The molecule has 6 unspecified atom stereocenters. The van der Waals surface area contributed by atoms with Crippen molar-refractivity contribution in [2.75, 3.05) is 6.61 Å². The number of carbonyl (C=O) groups excluding carboxylic acids is 3. The van der Waals surface area contributed by atoms with Gasteiger partial charge < -0.3 is 18.9 Å². The van der Waals surface area contributed by atoms with Crippen LogP contribution in [-0.2, 0) is 33.3 Å². The Bertz CT molecular complexity index is 664. The molecule has 0 aromatic heterocycles. The molecule has 3 heterocycles. The van der Waals surface area contributed by atoms with Crippen molar-refractivity contribution < 1.29 is 50.9 Å². The molecule has 0 saturated carbocycles. The number of carbonyl (C=O) groups is 3. The molecule has 3 saturated heterocycles. The lowest BCUT2D eigenvalue weighted by Crippen LogP contribution is -2.48. The fourth-order valence-electron chi connectivity index (χ4n) is 3.29. The molecule has 0 aromatic carbocycles. The molecule has 0 radical (unpaired) electrons. The van der Waals surface area contributed by atoms with Crippen molar-refractivity contribution in [3.05, 3.63) is 12.2 Å². The van der Waals surface area contributed by atoms with E-state index in [9.17, 15) is 31.9 Å². The lowest BCUT2D eigenvalue weighted by molar-refractivity contribution is -0.186. The van der Waals surface area contributed by atoms with Gasteiger partial charge in [0.05, 0.1) is 0 Å². The lowest BCUT2D eigenvalue weighted by atomic mass is 9.78. The van der Waals surface area contributed by atoms with E-state index in [4.69, 9.17) is 14.2 Å². The molecular formula is C15H14F4O7. The molecule has 0 N–H and O–H groups in total. The summed E-state index contributed by atoms with van der Waals surface area (Å²) in [7, 11) is 0. The topological polar surface area (TPSA) is 88.1 Å². The largest absolute Gasteiger partial charge is 0.459 e. The third-order valence-corrected chi connectivity index (χ3v) is 4.49. The van der Waals surface area contributed by atoms with E-state index < -0.39 is 73.1 Å². The van der Waals surface area contributed by atoms with Crippen LogP contribution >= 0.6 is 0 Å². The Balaban J connectivity index is 1.75. The highest BCUT2D eigenvalue weighted by molar-refractivity contribution is 5.89. The van der Waals surface area contributed by atoms with Gasteiger partial charge in [-0.05, 0) is 6.92 Å². The molecule has 7 nitrogen and oxygen atoms in total. The number of ether oxygens (including phenoxy) is 4. The summed E-state index contributed by atoms with van der Waals surface area (Å²) < 4.78 is 70.2. The van der Waals surface area contributed by atoms with Gasteiger partial charge in [-0.15, -0.1) is 0 Å². The Kier molecular flexibility index (Phi) is 4.45. The molecule has 3 aliphatic rings. The van der Waals surface area contributed by atoms with Gasteiger partial charge in [0.2, 0.25) is 0 Å². The van der Waals surface area contributed by atoms with E-state index in [1.54, 1.807) is 0 Å². The van der Waals surface area contributed by atoms with Crippen LogP contribution in [0.25, 0.3) is 0 Å². The predicted molar refractivity (Wildman–Crippen MR) is 72.1 cm³/mol. The molecule has 0 aliphatic carbocycles. The standard InChI is InChI=1S/C15H14F4O7/c1-4(2)11(20)25-9-7-5(6-8(24-7)10(9)26-13(6)22)12(21)23-3-15(18,19)14(16)17/h5-10,14H,1,3H2,2H3. The molecule has 0 amide bonds. The molecule has 0 aromatic rings. The zero-order valence-corrected chi connectivity index (χ0v) is 13.3. The number of halogens is 4. The van der Waals surface area contributed by atoms with Gasteiger partial charge in [0.25, 0.3) is 0 Å². The van der Waals surface area contributed by atoms with E-state index in [1.807, 2.05) is 0 Å². The Morgan fingerprint density at radius 3 is 2.50 bits per heavy atom. The quantitative estimate of drug-likeness (QED) is 0.291. The number of hydrogen-bond donors (Lipinski definition) is 0. The first-order chi connectivity index (χ1) is 12.0. The summed E-state index contributed by atoms with van der Waals surface area (Å²) in [6.07, 6.45) is -8.19. The third-order valence-electron chi connectivity index (χ3n) is 4.49. The van der Waals surface area contributed by atoms with Gasteiger partial charge in [-0.2, -0.15) is 8.78 Å². The predicted octanol–water partition coefficient (Wildman–Crippen LogP) is 0.857. The van der Waals surface area contributed by atoms with Crippen molar-refractivity contribution in [1.82, 2.24) is 0 Å². The van der Waals surface area contributed by atoms with Gasteiger partial charge in [-0.3, -0.25) is 9.59 Å². The first-order valence-corrected chi connectivity index (χ1v) is 7.59. The highest BCUT2D eigenvalue weighted by Gasteiger charge is 2.72. The van der Waals surface area contributed by atoms with E-state index in [0.717, 1.165) is 0 Å². The van der Waals surface area contributed by atoms with Crippen molar-refractivity contribution in [2.24, 2.45) is 11.8 Å². The number of esters is 3. The smallest absolute Gasteiger partial charge is 0.340 e. The molecular weight excluding hydrogens is 368 g/mol. The zero-order chi connectivity index (χ0) is 19.4. The molecule has 0 spiro atoms. The minimum Gasteiger partial charge on any atom is -0.459 e. The fourth-order valence-corrected chi connectivity index (χ4v) is 3.29. The Hall–Kier alpha value is -2.17. The third kappa shape index (κ3) is 2.83. The van der Waals surface area contributed by atoms with E-state index >= 15 is 0 Å². The minimum atomic E-state index is -4.53. The first-order valence-electron chi connectivity index (χ1n) is 7.59.